The van der Waals surface area contributed by atoms with Gasteiger partial charge in [-0.3, -0.25) is 4.79 Å². The van der Waals surface area contributed by atoms with Crippen LogP contribution >= 0.6 is 0 Å². The molecular formula is C11H15NO3. The van der Waals surface area contributed by atoms with Gasteiger partial charge in [0.25, 0.3) is 0 Å². The fourth-order valence-corrected chi connectivity index (χ4v) is 1.85. The molecule has 0 radical (unpaired) electrons. The number of hydrogen-bond donors (Lipinski definition) is 0. The maximum atomic E-state index is 10.5. The number of ether oxygens (including phenoxy) is 1. The lowest BCUT2D eigenvalue weighted by molar-refractivity contribution is 0.0846. The molecule has 1 aromatic rings. The van der Waals surface area contributed by atoms with Crippen LogP contribution in [0, 0.1) is 0 Å². The zero-order valence-electron chi connectivity index (χ0n) is 8.81. The molecule has 0 N–H and O–H groups in total. The second-order valence-corrected chi connectivity index (χ2v) is 3.75. The monoisotopic (exact) mass is 209 g/mol. The lowest BCUT2D eigenvalue weighted by atomic mass is 10.1. The van der Waals surface area contributed by atoms with Crippen LogP contribution in [0.5, 0.6) is 0 Å². The Hall–Kier alpha value is -1.29. The minimum Gasteiger partial charge on any atom is -0.438 e. The van der Waals surface area contributed by atoms with Gasteiger partial charge in [0.15, 0.2) is 17.9 Å². The second-order valence-electron chi connectivity index (χ2n) is 3.75. The van der Waals surface area contributed by atoms with E-state index in [1.165, 1.54) is 0 Å². The van der Waals surface area contributed by atoms with Gasteiger partial charge in [-0.1, -0.05) is 0 Å². The smallest absolute Gasteiger partial charge is 0.196 e. The van der Waals surface area contributed by atoms with Crippen molar-refractivity contribution >= 4 is 12.2 Å². The van der Waals surface area contributed by atoms with E-state index in [4.69, 9.17) is 9.15 Å². The summed E-state index contributed by atoms with van der Waals surface area (Å²) in [6.45, 7) is 1.60. The van der Waals surface area contributed by atoms with Gasteiger partial charge >= 0.3 is 0 Å². The molecule has 1 aromatic heterocycles. The van der Waals surface area contributed by atoms with Gasteiger partial charge in [0.2, 0.25) is 0 Å². The number of furan rings is 1. The maximum Gasteiger partial charge on any atom is 0.196 e. The third kappa shape index (κ3) is 2.21. The highest BCUT2D eigenvalue weighted by molar-refractivity contribution is 5.71. The fraction of sp³-hybridized carbons (Fsp3) is 0.545. The number of hydrogen-bond acceptors (Lipinski definition) is 4. The van der Waals surface area contributed by atoms with Gasteiger partial charge in [0, 0.05) is 32.4 Å². The molecule has 0 atom stereocenters. The SMILES string of the molecule is CN(c1ccc(C=O)o1)C1CCOCC1. The van der Waals surface area contributed by atoms with Crippen LogP contribution in [0.1, 0.15) is 23.4 Å². The van der Waals surface area contributed by atoms with Gasteiger partial charge in [-0.25, -0.2) is 0 Å². The van der Waals surface area contributed by atoms with E-state index in [0.717, 1.165) is 38.2 Å². The normalized spacial score (nSPS) is 17.7. The molecule has 82 valence electrons. The van der Waals surface area contributed by atoms with Crippen molar-refractivity contribution in [3.8, 4) is 0 Å². The van der Waals surface area contributed by atoms with Crippen LogP contribution in [0.2, 0.25) is 0 Å². The van der Waals surface area contributed by atoms with E-state index in [1.54, 1.807) is 6.07 Å². The Morgan fingerprint density at radius 1 is 1.40 bits per heavy atom. The van der Waals surface area contributed by atoms with E-state index >= 15 is 0 Å². The number of carbonyl (C=O) groups is 1. The first-order chi connectivity index (χ1) is 7.31. The van der Waals surface area contributed by atoms with Crippen LogP contribution < -0.4 is 4.90 Å². The molecule has 0 amide bonds. The van der Waals surface area contributed by atoms with E-state index < -0.39 is 0 Å². The summed E-state index contributed by atoms with van der Waals surface area (Å²) >= 11 is 0. The molecule has 0 spiro atoms. The molecule has 1 aliphatic rings. The number of carbonyl (C=O) groups excluding carboxylic acids is 1. The van der Waals surface area contributed by atoms with Crippen molar-refractivity contribution in [3.05, 3.63) is 17.9 Å². The van der Waals surface area contributed by atoms with Crippen LogP contribution in [-0.4, -0.2) is 32.6 Å². The number of nitrogens with zero attached hydrogens (tertiary/aromatic N) is 1. The Kier molecular flexibility index (Phi) is 3.06. The Balaban J connectivity index is 2.05. The van der Waals surface area contributed by atoms with E-state index in [2.05, 4.69) is 4.90 Å². The summed E-state index contributed by atoms with van der Waals surface area (Å²) < 4.78 is 10.7. The van der Waals surface area contributed by atoms with Crippen LogP contribution in [-0.2, 0) is 4.74 Å². The molecule has 15 heavy (non-hydrogen) atoms. The van der Waals surface area contributed by atoms with Gasteiger partial charge in [0.05, 0.1) is 0 Å². The van der Waals surface area contributed by atoms with Crippen LogP contribution in [0.3, 0.4) is 0 Å². The zero-order valence-corrected chi connectivity index (χ0v) is 8.81. The molecule has 2 heterocycles. The molecule has 1 saturated heterocycles. The number of rotatable bonds is 3. The van der Waals surface area contributed by atoms with Crippen molar-refractivity contribution in [1.82, 2.24) is 0 Å². The van der Waals surface area contributed by atoms with Gasteiger partial charge in [-0.2, -0.15) is 0 Å². The minimum atomic E-state index is 0.379. The van der Waals surface area contributed by atoms with Crippen LogP contribution in [0.4, 0.5) is 5.88 Å². The average molecular weight is 209 g/mol. The Morgan fingerprint density at radius 2 is 2.13 bits per heavy atom. The first-order valence-electron chi connectivity index (χ1n) is 5.17. The molecule has 2 rings (SSSR count). The molecule has 0 saturated carbocycles. The standard InChI is InChI=1S/C11H15NO3/c1-12(9-4-6-14-7-5-9)11-3-2-10(8-13)15-11/h2-3,8-9H,4-7H2,1H3. The molecule has 0 bridgehead atoms. The topological polar surface area (TPSA) is 42.7 Å². The molecule has 0 aromatic carbocycles. The van der Waals surface area contributed by atoms with Gasteiger partial charge in [-0.05, 0) is 18.9 Å². The Labute approximate surface area is 88.8 Å². The van der Waals surface area contributed by atoms with E-state index in [9.17, 15) is 4.79 Å². The molecular weight excluding hydrogens is 194 g/mol. The average Bonchev–Trinajstić information content (AvgIpc) is 2.78. The highest BCUT2D eigenvalue weighted by Gasteiger charge is 2.20. The summed E-state index contributed by atoms with van der Waals surface area (Å²) in [7, 11) is 1.99. The van der Waals surface area contributed by atoms with Crippen LogP contribution in [0.25, 0.3) is 0 Å². The first-order valence-corrected chi connectivity index (χ1v) is 5.17. The highest BCUT2D eigenvalue weighted by atomic mass is 16.5. The largest absolute Gasteiger partial charge is 0.438 e. The number of aldehydes is 1. The third-order valence-corrected chi connectivity index (χ3v) is 2.81. The van der Waals surface area contributed by atoms with Crippen molar-refractivity contribution in [3.63, 3.8) is 0 Å². The summed E-state index contributed by atoms with van der Waals surface area (Å²) in [5.41, 5.74) is 0. The predicted octanol–water partition coefficient (Wildman–Crippen LogP) is 1.71. The molecule has 0 unspecified atom stereocenters. The highest BCUT2D eigenvalue weighted by Crippen LogP contribution is 2.22. The molecule has 1 fully saturated rings. The van der Waals surface area contributed by atoms with Gasteiger partial charge < -0.3 is 14.1 Å². The Morgan fingerprint density at radius 3 is 2.73 bits per heavy atom. The van der Waals surface area contributed by atoms with Gasteiger partial charge in [-0.15, -0.1) is 0 Å². The second kappa shape index (κ2) is 4.49. The molecule has 4 nitrogen and oxygen atoms in total. The van der Waals surface area contributed by atoms with Gasteiger partial charge in [0.1, 0.15) is 0 Å². The lowest BCUT2D eigenvalue weighted by Crippen LogP contribution is -2.36. The Bertz CT molecular complexity index is 328. The first kappa shape index (κ1) is 10.2. The summed E-state index contributed by atoms with van der Waals surface area (Å²) in [5.74, 6) is 1.13. The van der Waals surface area contributed by atoms with Crippen molar-refractivity contribution in [2.45, 2.75) is 18.9 Å². The van der Waals surface area contributed by atoms with E-state index in [0.29, 0.717) is 11.8 Å². The van der Waals surface area contributed by atoms with Crippen molar-refractivity contribution in [2.24, 2.45) is 0 Å². The molecule has 0 aliphatic carbocycles. The van der Waals surface area contributed by atoms with Crippen LogP contribution in [0.15, 0.2) is 16.5 Å². The van der Waals surface area contributed by atoms with Crippen molar-refractivity contribution in [1.29, 1.82) is 0 Å². The third-order valence-electron chi connectivity index (χ3n) is 2.81. The zero-order chi connectivity index (χ0) is 10.7. The quantitative estimate of drug-likeness (QED) is 0.711. The minimum absolute atomic E-state index is 0.379. The molecule has 1 aliphatic heterocycles. The van der Waals surface area contributed by atoms with Crippen molar-refractivity contribution < 1.29 is 13.9 Å². The fourth-order valence-electron chi connectivity index (χ4n) is 1.85. The summed E-state index contributed by atoms with van der Waals surface area (Å²) in [5, 5.41) is 0. The number of anilines is 1. The maximum absolute atomic E-state index is 10.5. The van der Waals surface area contributed by atoms with E-state index in [1.807, 2.05) is 13.1 Å². The predicted molar refractivity (Wildman–Crippen MR) is 56.3 cm³/mol. The summed E-state index contributed by atoms with van der Waals surface area (Å²) in [6.07, 6.45) is 2.74. The molecule has 4 heteroatoms. The van der Waals surface area contributed by atoms with E-state index in [-0.39, 0.29) is 0 Å². The summed E-state index contributed by atoms with van der Waals surface area (Å²) in [4.78, 5) is 12.6. The lowest BCUT2D eigenvalue weighted by Gasteiger charge is -2.30. The summed E-state index contributed by atoms with van der Waals surface area (Å²) in [6, 6.07) is 3.97. The van der Waals surface area contributed by atoms with Crippen molar-refractivity contribution in [2.75, 3.05) is 25.2 Å².